The molecule has 0 aliphatic rings. The summed E-state index contributed by atoms with van der Waals surface area (Å²) in [4.78, 5) is 0. The zero-order chi connectivity index (χ0) is 7.33. The van der Waals surface area contributed by atoms with Crippen molar-refractivity contribution in [2.45, 2.75) is 13.3 Å². The minimum atomic E-state index is -3.78. The lowest BCUT2D eigenvalue weighted by atomic mass is 10.4. The lowest BCUT2D eigenvalue weighted by Crippen LogP contribution is -1.99. The van der Waals surface area contributed by atoms with Gasteiger partial charge in [-0.2, -0.15) is 8.42 Å². The van der Waals surface area contributed by atoms with Crippen molar-refractivity contribution in [1.29, 1.82) is 0 Å². The highest BCUT2D eigenvalue weighted by atomic mass is 32.2. The van der Waals surface area contributed by atoms with E-state index < -0.39 is 10.1 Å². The van der Waals surface area contributed by atoms with Gasteiger partial charge in [0, 0.05) is 0 Å². The van der Waals surface area contributed by atoms with Gasteiger partial charge in [-0.15, -0.1) is 0 Å². The van der Waals surface area contributed by atoms with E-state index in [1.807, 2.05) is 6.92 Å². The van der Waals surface area contributed by atoms with E-state index >= 15 is 0 Å². The summed E-state index contributed by atoms with van der Waals surface area (Å²) in [6.07, 6.45) is 3.90. The molecule has 54 valence electrons. The molecule has 0 aromatic heterocycles. The molecule has 0 aromatic rings. The van der Waals surface area contributed by atoms with E-state index in [1.165, 1.54) is 6.08 Å². The maximum Gasteiger partial charge on any atom is 0.268 e. The number of hydrogen-bond donors (Lipinski definition) is 1. The molecule has 9 heavy (non-hydrogen) atoms. The zero-order valence-electron chi connectivity index (χ0n) is 5.24. The van der Waals surface area contributed by atoms with Crippen molar-refractivity contribution in [3.63, 3.8) is 0 Å². The Labute approximate surface area is 55.1 Å². The number of hydrogen-bond acceptors (Lipinski definition) is 2. The summed E-state index contributed by atoms with van der Waals surface area (Å²) in [7, 11) is -3.78. The summed E-state index contributed by atoms with van der Waals surface area (Å²) >= 11 is 0. The highest BCUT2D eigenvalue weighted by Gasteiger charge is 1.97. The third-order valence-electron chi connectivity index (χ3n) is 0.709. The van der Waals surface area contributed by atoms with Crippen molar-refractivity contribution in [3.05, 3.63) is 12.2 Å². The van der Waals surface area contributed by atoms with E-state index in [4.69, 9.17) is 4.55 Å². The third kappa shape index (κ3) is 7.65. The highest BCUT2D eigenvalue weighted by molar-refractivity contribution is 7.85. The van der Waals surface area contributed by atoms with Crippen LogP contribution in [0.2, 0.25) is 0 Å². The van der Waals surface area contributed by atoms with Gasteiger partial charge in [0.1, 0.15) is 0 Å². The van der Waals surface area contributed by atoms with Crippen molar-refractivity contribution in [2.75, 3.05) is 5.75 Å². The average molecular weight is 150 g/mol. The smallest absolute Gasteiger partial charge is 0.268 e. The molecule has 0 amide bonds. The van der Waals surface area contributed by atoms with Crippen LogP contribution in [0.15, 0.2) is 12.2 Å². The monoisotopic (exact) mass is 150 g/mol. The van der Waals surface area contributed by atoms with Gasteiger partial charge in [-0.1, -0.05) is 19.1 Å². The Bertz CT molecular complexity index is 178. The highest BCUT2D eigenvalue weighted by Crippen LogP contribution is 1.85. The van der Waals surface area contributed by atoms with E-state index in [-0.39, 0.29) is 5.75 Å². The second kappa shape index (κ2) is 3.63. The predicted octanol–water partition coefficient (Wildman–Crippen LogP) is 0.840. The largest absolute Gasteiger partial charge is 0.285 e. The van der Waals surface area contributed by atoms with E-state index in [1.54, 1.807) is 6.08 Å². The molecular formula is C5H10O3S. The van der Waals surface area contributed by atoms with Gasteiger partial charge in [0.2, 0.25) is 0 Å². The average Bonchev–Trinajstić information content (AvgIpc) is 1.63. The summed E-state index contributed by atoms with van der Waals surface area (Å²) in [5, 5.41) is 0. The fraction of sp³-hybridized carbons (Fsp3) is 0.600. The summed E-state index contributed by atoms with van der Waals surface area (Å²) in [6.45, 7) is 1.89. The van der Waals surface area contributed by atoms with Gasteiger partial charge < -0.3 is 0 Å². The fourth-order valence-corrected chi connectivity index (χ4v) is 0.736. The first-order chi connectivity index (χ1) is 4.06. The van der Waals surface area contributed by atoms with Crippen molar-refractivity contribution in [2.24, 2.45) is 0 Å². The molecule has 0 saturated carbocycles. The Morgan fingerprint density at radius 2 is 2.00 bits per heavy atom. The Morgan fingerprint density at radius 1 is 1.44 bits per heavy atom. The minimum Gasteiger partial charge on any atom is -0.285 e. The second-order valence-corrected chi connectivity index (χ2v) is 3.13. The van der Waals surface area contributed by atoms with Crippen LogP contribution in [0.1, 0.15) is 13.3 Å². The maximum atomic E-state index is 10.0. The first-order valence-corrected chi connectivity index (χ1v) is 4.27. The van der Waals surface area contributed by atoms with Gasteiger partial charge in [-0.25, -0.2) is 0 Å². The van der Waals surface area contributed by atoms with Crippen LogP contribution < -0.4 is 0 Å². The summed E-state index contributed by atoms with van der Waals surface area (Å²) in [5.41, 5.74) is 0. The van der Waals surface area contributed by atoms with Crippen LogP contribution in [-0.2, 0) is 10.1 Å². The Kier molecular flexibility index (Phi) is 3.49. The first kappa shape index (κ1) is 8.65. The topological polar surface area (TPSA) is 54.4 Å². The Balaban J connectivity index is 3.65. The van der Waals surface area contributed by atoms with Crippen LogP contribution in [0, 0.1) is 0 Å². The predicted molar refractivity (Wildman–Crippen MR) is 35.8 cm³/mol. The zero-order valence-corrected chi connectivity index (χ0v) is 6.06. The molecule has 3 nitrogen and oxygen atoms in total. The molecule has 0 heterocycles. The SMILES string of the molecule is CC/C=C/CS(=O)(=O)O. The van der Waals surface area contributed by atoms with Crippen molar-refractivity contribution in [3.8, 4) is 0 Å². The van der Waals surface area contributed by atoms with Crippen LogP contribution in [0.5, 0.6) is 0 Å². The van der Waals surface area contributed by atoms with E-state index in [2.05, 4.69) is 0 Å². The molecule has 0 saturated heterocycles. The van der Waals surface area contributed by atoms with Crippen molar-refractivity contribution < 1.29 is 13.0 Å². The standard InChI is InChI=1S/C5H10O3S/c1-2-3-4-5-9(6,7)8/h3-4H,2,5H2,1H3,(H,6,7,8)/b4-3+. The summed E-state index contributed by atoms with van der Waals surface area (Å²) < 4.78 is 28.2. The lowest BCUT2D eigenvalue weighted by Gasteiger charge is -1.85. The number of allylic oxidation sites excluding steroid dienone is 1. The van der Waals surface area contributed by atoms with Crippen LogP contribution in [0.25, 0.3) is 0 Å². The minimum absolute atomic E-state index is 0.277. The van der Waals surface area contributed by atoms with Gasteiger partial charge in [0.05, 0.1) is 5.75 Å². The van der Waals surface area contributed by atoms with Crippen LogP contribution in [0.3, 0.4) is 0 Å². The molecule has 4 heteroatoms. The molecule has 0 radical (unpaired) electrons. The van der Waals surface area contributed by atoms with E-state index in [0.717, 1.165) is 6.42 Å². The van der Waals surface area contributed by atoms with Crippen molar-refractivity contribution >= 4 is 10.1 Å². The van der Waals surface area contributed by atoms with Gasteiger partial charge in [0.15, 0.2) is 0 Å². The van der Waals surface area contributed by atoms with Crippen molar-refractivity contribution in [1.82, 2.24) is 0 Å². The summed E-state index contributed by atoms with van der Waals surface area (Å²) in [5.74, 6) is -0.277. The Morgan fingerprint density at radius 3 is 2.33 bits per heavy atom. The Hall–Kier alpha value is -0.350. The third-order valence-corrected chi connectivity index (χ3v) is 1.32. The maximum absolute atomic E-state index is 10.0. The molecule has 0 spiro atoms. The molecule has 0 aromatic carbocycles. The molecule has 0 rings (SSSR count). The van der Waals surface area contributed by atoms with Crippen LogP contribution in [0.4, 0.5) is 0 Å². The van der Waals surface area contributed by atoms with Crippen LogP contribution >= 0.6 is 0 Å². The molecule has 0 fully saturated rings. The quantitative estimate of drug-likeness (QED) is 0.479. The molecule has 0 aliphatic heterocycles. The molecule has 0 atom stereocenters. The van der Waals surface area contributed by atoms with E-state index in [0.29, 0.717) is 0 Å². The molecule has 0 aliphatic carbocycles. The summed E-state index contributed by atoms with van der Waals surface area (Å²) in [6, 6.07) is 0. The molecule has 0 unspecified atom stereocenters. The lowest BCUT2D eigenvalue weighted by molar-refractivity contribution is 0.486. The first-order valence-electron chi connectivity index (χ1n) is 2.66. The van der Waals surface area contributed by atoms with E-state index in [9.17, 15) is 8.42 Å². The fourth-order valence-electron chi connectivity index (χ4n) is 0.356. The van der Waals surface area contributed by atoms with Gasteiger partial charge in [-0.05, 0) is 6.42 Å². The molecule has 0 bridgehead atoms. The molecular weight excluding hydrogens is 140 g/mol. The molecule has 1 N–H and O–H groups in total. The normalized spacial score (nSPS) is 12.7. The van der Waals surface area contributed by atoms with Crippen LogP contribution in [-0.4, -0.2) is 18.7 Å². The van der Waals surface area contributed by atoms with Gasteiger partial charge in [0.25, 0.3) is 10.1 Å². The number of rotatable bonds is 3. The van der Waals surface area contributed by atoms with Gasteiger partial charge >= 0.3 is 0 Å². The second-order valence-electron chi connectivity index (χ2n) is 1.63. The van der Waals surface area contributed by atoms with Gasteiger partial charge in [-0.3, -0.25) is 4.55 Å².